The van der Waals surface area contributed by atoms with Crippen molar-refractivity contribution in [3.05, 3.63) is 35.2 Å². The van der Waals surface area contributed by atoms with Gasteiger partial charge in [-0.25, -0.2) is 0 Å². The van der Waals surface area contributed by atoms with Crippen LogP contribution in [0.25, 0.3) is 10.4 Å². The predicted molar refractivity (Wildman–Crippen MR) is 68.0 cm³/mol. The van der Waals surface area contributed by atoms with E-state index in [0.29, 0.717) is 0 Å². The Balaban J connectivity index is 2.48. The van der Waals surface area contributed by atoms with E-state index in [1.54, 1.807) is 11.3 Å². The first-order valence-corrected chi connectivity index (χ1v) is 5.76. The van der Waals surface area contributed by atoms with Gasteiger partial charge in [0.15, 0.2) is 0 Å². The second-order valence-corrected chi connectivity index (χ2v) is 4.63. The first-order chi connectivity index (χ1) is 7.20. The number of thiophene rings is 1. The Morgan fingerprint density at radius 2 is 1.93 bits per heavy atom. The standard InChI is InChI=1S/C12H14N2S/c1-2-9-4-6-12(15-9)10-7-8(13)3-5-11(10)14/h3-7H,2,13-14H2,1H3. The number of anilines is 2. The monoisotopic (exact) mass is 218 g/mol. The van der Waals surface area contributed by atoms with Crippen LogP contribution < -0.4 is 11.5 Å². The van der Waals surface area contributed by atoms with Gasteiger partial charge in [0.2, 0.25) is 0 Å². The zero-order valence-corrected chi connectivity index (χ0v) is 9.47. The zero-order chi connectivity index (χ0) is 10.8. The van der Waals surface area contributed by atoms with Gasteiger partial charge in [-0.15, -0.1) is 11.3 Å². The van der Waals surface area contributed by atoms with Crippen molar-refractivity contribution in [2.45, 2.75) is 13.3 Å². The van der Waals surface area contributed by atoms with E-state index in [1.165, 1.54) is 9.75 Å². The maximum absolute atomic E-state index is 5.92. The normalized spacial score (nSPS) is 10.5. The lowest BCUT2D eigenvalue weighted by Gasteiger charge is -2.03. The second kappa shape index (κ2) is 3.95. The van der Waals surface area contributed by atoms with E-state index >= 15 is 0 Å². The highest BCUT2D eigenvalue weighted by molar-refractivity contribution is 7.15. The van der Waals surface area contributed by atoms with Crippen LogP contribution >= 0.6 is 11.3 Å². The summed E-state index contributed by atoms with van der Waals surface area (Å²) in [5.41, 5.74) is 14.3. The second-order valence-electron chi connectivity index (χ2n) is 3.47. The van der Waals surface area contributed by atoms with Gasteiger partial charge in [-0.1, -0.05) is 6.92 Å². The molecule has 15 heavy (non-hydrogen) atoms. The van der Waals surface area contributed by atoms with E-state index in [0.717, 1.165) is 23.4 Å². The number of benzene rings is 1. The van der Waals surface area contributed by atoms with Crippen LogP contribution in [0, 0.1) is 0 Å². The Kier molecular flexibility index (Phi) is 2.64. The quantitative estimate of drug-likeness (QED) is 0.761. The molecule has 0 atom stereocenters. The van der Waals surface area contributed by atoms with Crippen molar-refractivity contribution in [1.82, 2.24) is 0 Å². The highest BCUT2D eigenvalue weighted by atomic mass is 32.1. The van der Waals surface area contributed by atoms with E-state index in [2.05, 4.69) is 19.1 Å². The van der Waals surface area contributed by atoms with E-state index in [1.807, 2.05) is 18.2 Å². The molecular formula is C12H14N2S. The van der Waals surface area contributed by atoms with Crippen molar-refractivity contribution >= 4 is 22.7 Å². The van der Waals surface area contributed by atoms with Gasteiger partial charge >= 0.3 is 0 Å². The van der Waals surface area contributed by atoms with Crippen molar-refractivity contribution in [3.63, 3.8) is 0 Å². The van der Waals surface area contributed by atoms with Crippen LogP contribution in [0.2, 0.25) is 0 Å². The molecule has 1 aromatic carbocycles. The number of rotatable bonds is 2. The van der Waals surface area contributed by atoms with Gasteiger partial charge in [-0.2, -0.15) is 0 Å². The molecule has 0 radical (unpaired) electrons. The molecular weight excluding hydrogens is 204 g/mol. The maximum Gasteiger partial charge on any atom is 0.0403 e. The first-order valence-electron chi connectivity index (χ1n) is 4.94. The number of hydrogen-bond donors (Lipinski definition) is 2. The van der Waals surface area contributed by atoms with Gasteiger partial charge in [0.05, 0.1) is 0 Å². The highest BCUT2D eigenvalue weighted by Gasteiger charge is 2.05. The summed E-state index contributed by atoms with van der Waals surface area (Å²) in [4.78, 5) is 2.56. The smallest absolute Gasteiger partial charge is 0.0403 e. The average Bonchev–Trinajstić information content (AvgIpc) is 2.70. The fraction of sp³-hybridized carbons (Fsp3) is 0.167. The van der Waals surface area contributed by atoms with Gasteiger partial charge < -0.3 is 11.5 Å². The minimum atomic E-state index is 0.755. The van der Waals surface area contributed by atoms with Crippen LogP contribution in [0.5, 0.6) is 0 Å². The molecule has 0 spiro atoms. The first kappa shape index (κ1) is 10.1. The minimum absolute atomic E-state index is 0.755. The maximum atomic E-state index is 5.92. The molecule has 1 heterocycles. The van der Waals surface area contributed by atoms with E-state index in [-0.39, 0.29) is 0 Å². The topological polar surface area (TPSA) is 52.0 Å². The largest absolute Gasteiger partial charge is 0.399 e. The third-order valence-corrected chi connectivity index (χ3v) is 3.62. The molecule has 0 fully saturated rings. The zero-order valence-electron chi connectivity index (χ0n) is 8.66. The molecule has 78 valence electrons. The average molecular weight is 218 g/mol. The SMILES string of the molecule is CCc1ccc(-c2cc(N)ccc2N)s1. The molecule has 2 nitrogen and oxygen atoms in total. The van der Waals surface area contributed by atoms with Gasteiger partial charge in [0.25, 0.3) is 0 Å². The van der Waals surface area contributed by atoms with Gasteiger partial charge in [0.1, 0.15) is 0 Å². The van der Waals surface area contributed by atoms with Crippen LogP contribution in [-0.2, 0) is 6.42 Å². The van der Waals surface area contributed by atoms with Crippen molar-refractivity contribution in [3.8, 4) is 10.4 Å². The summed E-state index contributed by atoms with van der Waals surface area (Å²) in [6.45, 7) is 2.15. The molecule has 3 heteroatoms. The van der Waals surface area contributed by atoms with Crippen LogP contribution in [0.1, 0.15) is 11.8 Å². The van der Waals surface area contributed by atoms with Gasteiger partial charge in [0, 0.05) is 26.7 Å². The summed E-state index contributed by atoms with van der Waals surface area (Å²) in [6.07, 6.45) is 1.06. The molecule has 2 rings (SSSR count). The third kappa shape index (κ3) is 1.97. The summed E-state index contributed by atoms with van der Waals surface area (Å²) < 4.78 is 0. The Bertz CT molecular complexity index is 474. The van der Waals surface area contributed by atoms with Crippen molar-refractivity contribution in [1.29, 1.82) is 0 Å². The lowest BCUT2D eigenvalue weighted by atomic mass is 10.1. The van der Waals surface area contributed by atoms with Crippen molar-refractivity contribution in [2.75, 3.05) is 11.5 Å². The van der Waals surface area contributed by atoms with E-state index < -0.39 is 0 Å². The lowest BCUT2D eigenvalue weighted by Crippen LogP contribution is -1.91. The molecule has 0 bridgehead atoms. The number of nitrogen functional groups attached to an aromatic ring is 2. The molecule has 0 saturated carbocycles. The molecule has 0 aliphatic carbocycles. The van der Waals surface area contributed by atoms with Crippen LogP contribution in [0.3, 0.4) is 0 Å². The molecule has 0 amide bonds. The van der Waals surface area contributed by atoms with Crippen molar-refractivity contribution in [2.24, 2.45) is 0 Å². The van der Waals surface area contributed by atoms with Crippen LogP contribution in [-0.4, -0.2) is 0 Å². The number of nitrogens with two attached hydrogens (primary N) is 2. The Morgan fingerprint density at radius 3 is 2.60 bits per heavy atom. The molecule has 0 aliphatic heterocycles. The Labute approximate surface area is 93.5 Å². The number of aryl methyl sites for hydroxylation is 1. The summed E-state index contributed by atoms with van der Waals surface area (Å²) in [7, 11) is 0. The third-order valence-electron chi connectivity index (χ3n) is 2.35. The fourth-order valence-corrected chi connectivity index (χ4v) is 2.49. The minimum Gasteiger partial charge on any atom is -0.399 e. The molecule has 4 N–H and O–H groups in total. The molecule has 0 saturated heterocycles. The summed E-state index contributed by atoms with van der Waals surface area (Å²) in [5, 5.41) is 0. The van der Waals surface area contributed by atoms with Gasteiger partial charge in [-0.05, 0) is 36.8 Å². The molecule has 0 unspecified atom stereocenters. The van der Waals surface area contributed by atoms with Crippen LogP contribution in [0.4, 0.5) is 11.4 Å². The summed E-state index contributed by atoms with van der Waals surface area (Å²) in [6, 6.07) is 9.86. The van der Waals surface area contributed by atoms with Crippen LogP contribution in [0.15, 0.2) is 30.3 Å². The van der Waals surface area contributed by atoms with Crippen molar-refractivity contribution < 1.29 is 0 Å². The number of hydrogen-bond acceptors (Lipinski definition) is 3. The Morgan fingerprint density at radius 1 is 1.13 bits per heavy atom. The highest BCUT2D eigenvalue weighted by Crippen LogP contribution is 2.33. The lowest BCUT2D eigenvalue weighted by molar-refractivity contribution is 1.19. The molecule has 2 aromatic rings. The summed E-state index contributed by atoms with van der Waals surface area (Å²) in [5.74, 6) is 0. The van der Waals surface area contributed by atoms with E-state index in [4.69, 9.17) is 11.5 Å². The summed E-state index contributed by atoms with van der Waals surface area (Å²) >= 11 is 1.77. The molecule has 1 aromatic heterocycles. The predicted octanol–water partition coefficient (Wildman–Crippen LogP) is 3.14. The van der Waals surface area contributed by atoms with Gasteiger partial charge in [-0.3, -0.25) is 0 Å². The van der Waals surface area contributed by atoms with E-state index in [9.17, 15) is 0 Å². The molecule has 0 aliphatic rings. The Hall–Kier alpha value is -1.48. The fourth-order valence-electron chi connectivity index (χ4n) is 1.50.